The van der Waals surface area contributed by atoms with Gasteiger partial charge in [0.2, 0.25) is 11.8 Å². The Morgan fingerprint density at radius 3 is 2.10 bits per heavy atom. The van der Waals surface area contributed by atoms with Gasteiger partial charge in [-0.15, -0.1) is 0 Å². The van der Waals surface area contributed by atoms with Gasteiger partial charge in [0.05, 0.1) is 22.7 Å². The van der Waals surface area contributed by atoms with Crippen LogP contribution in [0.2, 0.25) is 0 Å². The summed E-state index contributed by atoms with van der Waals surface area (Å²) in [7, 11) is 0. The molecule has 0 saturated carbocycles. The van der Waals surface area contributed by atoms with Gasteiger partial charge in [0, 0.05) is 11.6 Å². The Morgan fingerprint density at radius 1 is 0.933 bits per heavy atom. The van der Waals surface area contributed by atoms with Crippen molar-refractivity contribution >= 4 is 29.4 Å². The standard InChI is InChI=1S/C12H8FNO4.C7H5F2NO2/c13-9-3-1-6(12(17)18)5-8(9)7-2-4-10(15)14-11(7)16;8-4-1-3(7(11)12)2-5(10)6(4)9/h1-5,7H,(H,17,18)(H,14,15,16);1-2H,10H2,(H,11,12). The Hall–Kier alpha value is -4.15. The fraction of sp³-hybridized carbons (Fsp3) is 0.0526. The van der Waals surface area contributed by atoms with Crippen LogP contribution in [0.1, 0.15) is 32.2 Å². The number of nitrogens with two attached hydrogens (primary N) is 1. The minimum Gasteiger partial charge on any atom is -0.478 e. The average Bonchev–Trinajstić information content (AvgIpc) is 2.66. The number of amides is 2. The smallest absolute Gasteiger partial charge is 0.335 e. The zero-order chi connectivity index (χ0) is 22.6. The molecule has 1 aliphatic heterocycles. The molecule has 11 heteroatoms. The van der Waals surface area contributed by atoms with Gasteiger partial charge in [0.15, 0.2) is 11.6 Å². The summed E-state index contributed by atoms with van der Waals surface area (Å²) in [4.78, 5) is 43.5. The molecule has 0 radical (unpaired) electrons. The summed E-state index contributed by atoms with van der Waals surface area (Å²) in [5.41, 5.74) is 3.91. The number of aromatic carboxylic acids is 2. The third-order valence-corrected chi connectivity index (χ3v) is 3.85. The molecule has 0 aromatic heterocycles. The topological polar surface area (TPSA) is 147 Å². The number of carboxylic acids is 2. The van der Waals surface area contributed by atoms with Crippen LogP contribution >= 0.6 is 0 Å². The van der Waals surface area contributed by atoms with Crippen LogP contribution in [0.15, 0.2) is 42.5 Å². The Balaban J connectivity index is 0.000000232. The molecule has 5 N–H and O–H groups in total. The van der Waals surface area contributed by atoms with E-state index < -0.39 is 52.8 Å². The van der Waals surface area contributed by atoms with Gasteiger partial charge in [0.25, 0.3) is 0 Å². The SMILES string of the molecule is Nc1cc(C(=O)O)cc(F)c1F.O=C1C=CC(c2cc(C(=O)O)ccc2F)C(=O)N1. The molecule has 30 heavy (non-hydrogen) atoms. The maximum atomic E-state index is 13.6. The van der Waals surface area contributed by atoms with Crippen molar-refractivity contribution in [3.8, 4) is 0 Å². The number of nitrogen functional groups attached to an aromatic ring is 1. The van der Waals surface area contributed by atoms with E-state index in [9.17, 15) is 32.3 Å². The van der Waals surface area contributed by atoms with Crippen molar-refractivity contribution in [3.63, 3.8) is 0 Å². The lowest BCUT2D eigenvalue weighted by atomic mass is 9.93. The third kappa shape index (κ3) is 5.01. The zero-order valence-corrected chi connectivity index (χ0v) is 14.9. The van der Waals surface area contributed by atoms with Gasteiger partial charge in [0.1, 0.15) is 5.82 Å². The molecule has 0 saturated heterocycles. The summed E-state index contributed by atoms with van der Waals surface area (Å²) in [6.07, 6.45) is 2.35. The van der Waals surface area contributed by atoms with Crippen molar-refractivity contribution in [2.24, 2.45) is 0 Å². The number of anilines is 1. The average molecular weight is 422 g/mol. The minimum absolute atomic E-state index is 0.0730. The van der Waals surface area contributed by atoms with E-state index in [0.29, 0.717) is 6.07 Å². The highest BCUT2D eigenvalue weighted by molar-refractivity contribution is 6.07. The van der Waals surface area contributed by atoms with Crippen LogP contribution in [0.4, 0.5) is 18.9 Å². The molecule has 1 heterocycles. The van der Waals surface area contributed by atoms with Crippen LogP contribution < -0.4 is 11.1 Å². The zero-order valence-electron chi connectivity index (χ0n) is 14.9. The molecule has 0 aliphatic carbocycles. The molecule has 2 amide bonds. The molecular weight excluding hydrogens is 409 g/mol. The lowest BCUT2D eigenvalue weighted by Crippen LogP contribution is -2.36. The summed E-state index contributed by atoms with van der Waals surface area (Å²) < 4.78 is 38.6. The van der Waals surface area contributed by atoms with E-state index in [4.69, 9.17) is 15.9 Å². The predicted molar refractivity (Wildman–Crippen MR) is 96.1 cm³/mol. The van der Waals surface area contributed by atoms with Gasteiger partial charge in [-0.1, -0.05) is 6.08 Å². The first-order valence-electron chi connectivity index (χ1n) is 8.04. The summed E-state index contributed by atoms with van der Waals surface area (Å²) in [6, 6.07) is 4.62. The first-order chi connectivity index (χ1) is 14.0. The molecule has 3 rings (SSSR count). The van der Waals surface area contributed by atoms with E-state index in [1.54, 1.807) is 0 Å². The van der Waals surface area contributed by atoms with Crippen LogP contribution in [0.3, 0.4) is 0 Å². The van der Waals surface area contributed by atoms with E-state index in [1.807, 2.05) is 5.32 Å². The lowest BCUT2D eigenvalue weighted by molar-refractivity contribution is -0.129. The lowest BCUT2D eigenvalue weighted by Gasteiger charge is -2.17. The second kappa shape index (κ2) is 8.90. The second-order valence-corrected chi connectivity index (χ2v) is 5.90. The normalized spacial score (nSPS) is 15.1. The molecule has 1 unspecified atom stereocenters. The maximum absolute atomic E-state index is 13.6. The molecule has 2 aromatic rings. The number of imide groups is 1. The Labute approximate surface area is 166 Å². The molecule has 0 fully saturated rings. The number of benzene rings is 2. The van der Waals surface area contributed by atoms with Crippen LogP contribution in [0, 0.1) is 17.5 Å². The molecule has 1 aliphatic rings. The fourth-order valence-electron chi connectivity index (χ4n) is 2.41. The maximum Gasteiger partial charge on any atom is 0.335 e. The molecule has 1 atom stereocenters. The molecule has 0 spiro atoms. The van der Waals surface area contributed by atoms with E-state index in [-0.39, 0.29) is 16.7 Å². The second-order valence-electron chi connectivity index (χ2n) is 5.90. The number of hydrogen-bond acceptors (Lipinski definition) is 5. The van der Waals surface area contributed by atoms with E-state index in [0.717, 1.165) is 30.3 Å². The van der Waals surface area contributed by atoms with Gasteiger partial charge >= 0.3 is 11.9 Å². The largest absolute Gasteiger partial charge is 0.478 e. The van der Waals surface area contributed by atoms with E-state index in [2.05, 4.69) is 0 Å². The minimum atomic E-state index is -1.35. The van der Waals surface area contributed by atoms with Crippen LogP contribution in [-0.2, 0) is 9.59 Å². The van der Waals surface area contributed by atoms with Crippen LogP contribution in [0.5, 0.6) is 0 Å². The van der Waals surface area contributed by atoms with Gasteiger partial charge in [-0.2, -0.15) is 0 Å². The monoisotopic (exact) mass is 422 g/mol. The number of rotatable bonds is 3. The van der Waals surface area contributed by atoms with E-state index >= 15 is 0 Å². The number of carbonyl (C=O) groups is 4. The first kappa shape index (κ1) is 22.1. The van der Waals surface area contributed by atoms with Crippen molar-refractivity contribution < 1.29 is 42.6 Å². The summed E-state index contributed by atoms with van der Waals surface area (Å²) in [6.45, 7) is 0. The fourth-order valence-corrected chi connectivity index (χ4v) is 2.41. The first-order valence-corrected chi connectivity index (χ1v) is 8.04. The van der Waals surface area contributed by atoms with Crippen LogP contribution in [0.25, 0.3) is 0 Å². The molecule has 8 nitrogen and oxygen atoms in total. The number of carbonyl (C=O) groups excluding carboxylic acids is 2. The molecular formula is C19H13F3N2O6. The van der Waals surface area contributed by atoms with Crippen molar-refractivity contribution in [2.75, 3.05) is 5.73 Å². The van der Waals surface area contributed by atoms with Gasteiger partial charge in [-0.25, -0.2) is 22.8 Å². The number of hydrogen-bond donors (Lipinski definition) is 4. The molecule has 0 bridgehead atoms. The summed E-state index contributed by atoms with van der Waals surface area (Å²) in [5.74, 6) is -7.99. The highest BCUT2D eigenvalue weighted by atomic mass is 19.2. The number of halogens is 3. The van der Waals surface area contributed by atoms with Crippen molar-refractivity contribution in [1.82, 2.24) is 5.32 Å². The van der Waals surface area contributed by atoms with E-state index in [1.165, 1.54) is 6.08 Å². The Bertz CT molecular complexity index is 1060. The Morgan fingerprint density at radius 2 is 1.57 bits per heavy atom. The highest BCUT2D eigenvalue weighted by Gasteiger charge is 2.26. The van der Waals surface area contributed by atoms with Crippen LogP contribution in [-0.4, -0.2) is 34.0 Å². The number of carboxylic acid groups (broad SMARTS) is 2. The quantitative estimate of drug-likeness (QED) is 0.437. The highest BCUT2D eigenvalue weighted by Crippen LogP contribution is 2.24. The van der Waals surface area contributed by atoms with Gasteiger partial charge in [-0.05, 0) is 30.3 Å². The van der Waals surface area contributed by atoms with Gasteiger partial charge < -0.3 is 15.9 Å². The van der Waals surface area contributed by atoms with Gasteiger partial charge in [-0.3, -0.25) is 14.9 Å². The molecule has 156 valence electrons. The summed E-state index contributed by atoms with van der Waals surface area (Å²) in [5, 5.41) is 19.2. The third-order valence-electron chi connectivity index (χ3n) is 3.85. The summed E-state index contributed by atoms with van der Waals surface area (Å²) >= 11 is 0. The van der Waals surface area contributed by atoms with Crippen molar-refractivity contribution in [3.05, 3.63) is 76.6 Å². The Kier molecular flexibility index (Phi) is 6.57. The number of nitrogens with one attached hydrogen (secondary N) is 1. The molecule has 2 aromatic carbocycles. The van der Waals surface area contributed by atoms with Crippen molar-refractivity contribution in [1.29, 1.82) is 0 Å². The van der Waals surface area contributed by atoms with Crippen molar-refractivity contribution in [2.45, 2.75) is 5.92 Å². The predicted octanol–water partition coefficient (Wildman–Crippen LogP) is 2.07.